The summed E-state index contributed by atoms with van der Waals surface area (Å²) in [6.07, 6.45) is 0. The van der Waals surface area contributed by atoms with Gasteiger partial charge in [0.05, 0.1) is 22.9 Å². The highest BCUT2D eigenvalue weighted by atomic mass is 35.5. The zero-order valence-corrected chi connectivity index (χ0v) is 14.2. The van der Waals surface area contributed by atoms with Gasteiger partial charge in [-0.1, -0.05) is 22.9 Å². The first-order chi connectivity index (χ1) is 11.9. The van der Waals surface area contributed by atoms with Crippen LogP contribution in [0.1, 0.15) is 20.7 Å². The van der Waals surface area contributed by atoms with Crippen molar-refractivity contribution in [3.8, 4) is 5.75 Å². The number of anilines is 1. The molecule has 2 aromatic carbocycles. The van der Waals surface area contributed by atoms with E-state index in [9.17, 15) is 14.0 Å². The van der Waals surface area contributed by atoms with Gasteiger partial charge in [-0.3, -0.25) is 10.1 Å². The molecule has 0 radical (unpaired) electrons. The maximum absolute atomic E-state index is 14.0. The molecule has 0 bridgehead atoms. The Labute approximate surface area is 149 Å². The maximum atomic E-state index is 14.0. The third kappa shape index (κ3) is 3.40. The minimum atomic E-state index is -1.24. The number of carboxylic acids is 1. The highest BCUT2D eigenvalue weighted by Crippen LogP contribution is 2.30. The Bertz CT molecular complexity index is 1010. The zero-order chi connectivity index (χ0) is 18.1. The third-order valence-corrected chi connectivity index (χ3v) is 4.48. The molecule has 0 unspecified atom stereocenters. The zero-order valence-electron chi connectivity index (χ0n) is 12.7. The van der Waals surface area contributed by atoms with Crippen molar-refractivity contribution in [2.45, 2.75) is 0 Å². The monoisotopic (exact) mass is 380 g/mol. The minimum absolute atomic E-state index is 0.00614. The second-order valence-corrected chi connectivity index (χ2v) is 6.39. The number of nitrogens with one attached hydrogen (secondary N) is 1. The van der Waals surface area contributed by atoms with E-state index >= 15 is 0 Å². The van der Waals surface area contributed by atoms with E-state index in [4.69, 9.17) is 21.4 Å². The van der Waals surface area contributed by atoms with Crippen LogP contribution in [-0.4, -0.2) is 29.1 Å². The number of carbonyl (C=O) groups excluding carboxylic acids is 1. The standard InChI is InChI=1S/C16H10ClFN2O4S/c1-24-11-6-8(17)2-3-9(11)14(21)20-16-19-13-10(18)4-7(15(22)23)5-12(13)25-16/h2-6H,1H3,(H,22,23)(H,19,20,21). The quantitative estimate of drug-likeness (QED) is 0.712. The summed E-state index contributed by atoms with van der Waals surface area (Å²) in [5.41, 5.74) is 0.0390. The molecule has 3 rings (SSSR count). The predicted molar refractivity (Wildman–Crippen MR) is 92.5 cm³/mol. The number of hydrogen-bond acceptors (Lipinski definition) is 5. The van der Waals surface area contributed by atoms with Gasteiger partial charge in [0.2, 0.25) is 0 Å². The van der Waals surface area contributed by atoms with Crippen molar-refractivity contribution in [2.24, 2.45) is 0 Å². The summed E-state index contributed by atoms with van der Waals surface area (Å²) in [6, 6.07) is 6.71. The van der Waals surface area contributed by atoms with Crippen molar-refractivity contribution >= 4 is 50.2 Å². The molecule has 0 saturated carbocycles. The Morgan fingerprint density at radius 1 is 1.32 bits per heavy atom. The van der Waals surface area contributed by atoms with Crippen molar-refractivity contribution < 1.29 is 23.8 Å². The lowest BCUT2D eigenvalue weighted by Crippen LogP contribution is -2.12. The lowest BCUT2D eigenvalue weighted by Gasteiger charge is -2.07. The van der Waals surface area contributed by atoms with Gasteiger partial charge in [0.15, 0.2) is 10.9 Å². The van der Waals surface area contributed by atoms with E-state index in [-0.39, 0.29) is 27.5 Å². The first-order valence-corrected chi connectivity index (χ1v) is 8.06. The van der Waals surface area contributed by atoms with Gasteiger partial charge in [-0.15, -0.1) is 0 Å². The molecular weight excluding hydrogens is 371 g/mol. The summed E-state index contributed by atoms with van der Waals surface area (Å²) in [7, 11) is 1.41. The van der Waals surface area contributed by atoms with E-state index in [1.807, 2.05) is 0 Å². The molecule has 128 valence electrons. The van der Waals surface area contributed by atoms with Crippen molar-refractivity contribution in [3.63, 3.8) is 0 Å². The molecule has 6 nitrogen and oxygen atoms in total. The summed E-state index contributed by atoms with van der Waals surface area (Å²) in [4.78, 5) is 27.4. The van der Waals surface area contributed by atoms with Crippen LogP contribution < -0.4 is 10.1 Å². The molecular formula is C16H10ClFN2O4S. The van der Waals surface area contributed by atoms with Gasteiger partial charge >= 0.3 is 5.97 Å². The summed E-state index contributed by atoms with van der Waals surface area (Å²) >= 11 is 6.83. The number of nitrogens with zero attached hydrogens (tertiary/aromatic N) is 1. The second-order valence-electron chi connectivity index (χ2n) is 4.93. The maximum Gasteiger partial charge on any atom is 0.335 e. The van der Waals surface area contributed by atoms with Crippen LogP contribution in [0.4, 0.5) is 9.52 Å². The van der Waals surface area contributed by atoms with Gasteiger partial charge in [-0.05, 0) is 30.3 Å². The molecule has 0 fully saturated rings. The van der Waals surface area contributed by atoms with Crippen LogP contribution in [0.15, 0.2) is 30.3 Å². The topological polar surface area (TPSA) is 88.5 Å². The molecule has 0 spiro atoms. The average molecular weight is 381 g/mol. The van der Waals surface area contributed by atoms with Crippen molar-refractivity contribution in [3.05, 3.63) is 52.3 Å². The van der Waals surface area contributed by atoms with E-state index in [1.165, 1.54) is 31.4 Å². The molecule has 0 atom stereocenters. The Morgan fingerprint density at radius 3 is 2.76 bits per heavy atom. The van der Waals surface area contributed by atoms with Gasteiger partial charge in [-0.2, -0.15) is 0 Å². The number of methoxy groups -OCH3 is 1. The average Bonchev–Trinajstić information content (AvgIpc) is 2.97. The minimum Gasteiger partial charge on any atom is -0.496 e. The third-order valence-electron chi connectivity index (χ3n) is 3.32. The lowest BCUT2D eigenvalue weighted by molar-refractivity contribution is 0.0696. The fourth-order valence-electron chi connectivity index (χ4n) is 2.18. The summed E-state index contributed by atoms with van der Waals surface area (Å²) in [5, 5.41) is 12.1. The number of carbonyl (C=O) groups is 2. The predicted octanol–water partition coefficient (Wildman–Crippen LogP) is 4.05. The fourth-order valence-corrected chi connectivity index (χ4v) is 3.26. The number of rotatable bonds is 4. The van der Waals surface area contributed by atoms with Crippen LogP contribution >= 0.6 is 22.9 Å². The number of benzene rings is 2. The van der Waals surface area contributed by atoms with Gasteiger partial charge in [0.25, 0.3) is 5.91 Å². The molecule has 3 aromatic rings. The molecule has 25 heavy (non-hydrogen) atoms. The number of aromatic nitrogens is 1. The van der Waals surface area contributed by atoms with Crippen LogP contribution in [0.25, 0.3) is 10.2 Å². The number of fused-ring (bicyclic) bond motifs is 1. The van der Waals surface area contributed by atoms with Crippen LogP contribution in [0, 0.1) is 5.82 Å². The second kappa shape index (κ2) is 6.66. The van der Waals surface area contributed by atoms with E-state index < -0.39 is 17.7 Å². The molecule has 1 amide bonds. The highest BCUT2D eigenvalue weighted by molar-refractivity contribution is 7.22. The highest BCUT2D eigenvalue weighted by Gasteiger charge is 2.17. The van der Waals surface area contributed by atoms with Gasteiger partial charge in [0.1, 0.15) is 11.3 Å². The van der Waals surface area contributed by atoms with Gasteiger partial charge < -0.3 is 9.84 Å². The first kappa shape index (κ1) is 17.1. The number of hydrogen-bond donors (Lipinski definition) is 2. The van der Waals surface area contributed by atoms with Crippen LogP contribution in [0.3, 0.4) is 0 Å². The molecule has 0 aliphatic carbocycles. The van der Waals surface area contributed by atoms with Crippen molar-refractivity contribution in [1.82, 2.24) is 4.98 Å². The van der Waals surface area contributed by atoms with Gasteiger partial charge in [-0.25, -0.2) is 14.2 Å². The molecule has 9 heteroatoms. The number of amides is 1. The Kier molecular flexibility index (Phi) is 4.56. The SMILES string of the molecule is COc1cc(Cl)ccc1C(=O)Nc1nc2c(F)cc(C(=O)O)cc2s1. The van der Waals surface area contributed by atoms with E-state index in [0.717, 1.165) is 17.4 Å². The largest absolute Gasteiger partial charge is 0.496 e. The van der Waals surface area contributed by atoms with E-state index in [1.54, 1.807) is 0 Å². The molecule has 1 heterocycles. The Balaban J connectivity index is 1.94. The fraction of sp³-hybridized carbons (Fsp3) is 0.0625. The first-order valence-electron chi connectivity index (χ1n) is 6.87. The summed E-state index contributed by atoms with van der Waals surface area (Å²) in [5.74, 6) is -2.24. The van der Waals surface area contributed by atoms with E-state index in [0.29, 0.717) is 9.72 Å². The summed E-state index contributed by atoms with van der Waals surface area (Å²) < 4.78 is 19.4. The Morgan fingerprint density at radius 2 is 2.08 bits per heavy atom. The number of thiazole rings is 1. The molecule has 2 N–H and O–H groups in total. The lowest BCUT2D eigenvalue weighted by atomic mass is 10.2. The number of aromatic carboxylic acids is 1. The molecule has 1 aromatic heterocycles. The van der Waals surface area contributed by atoms with Crippen LogP contribution in [0.2, 0.25) is 5.02 Å². The molecule has 0 aliphatic rings. The number of ether oxygens (including phenoxy) is 1. The number of carboxylic acid groups (broad SMARTS) is 1. The van der Waals surface area contributed by atoms with Crippen LogP contribution in [0.5, 0.6) is 5.75 Å². The smallest absolute Gasteiger partial charge is 0.335 e. The summed E-state index contributed by atoms with van der Waals surface area (Å²) in [6.45, 7) is 0. The van der Waals surface area contributed by atoms with Crippen LogP contribution in [-0.2, 0) is 0 Å². The Hall–Kier alpha value is -2.71. The van der Waals surface area contributed by atoms with Crippen molar-refractivity contribution in [1.29, 1.82) is 0 Å². The molecule has 0 saturated heterocycles. The van der Waals surface area contributed by atoms with Gasteiger partial charge in [0, 0.05) is 5.02 Å². The molecule has 0 aliphatic heterocycles. The van der Waals surface area contributed by atoms with Crippen molar-refractivity contribution in [2.75, 3.05) is 12.4 Å². The number of halogens is 2. The normalized spacial score (nSPS) is 10.7. The van der Waals surface area contributed by atoms with E-state index in [2.05, 4.69) is 10.3 Å².